The number of amides is 1. The molecule has 0 radical (unpaired) electrons. The highest BCUT2D eigenvalue weighted by molar-refractivity contribution is 6.04. The summed E-state index contributed by atoms with van der Waals surface area (Å²) in [5.41, 5.74) is 0.819. The predicted octanol–water partition coefficient (Wildman–Crippen LogP) is 3.97. The van der Waals surface area contributed by atoms with E-state index in [1.807, 2.05) is 31.2 Å². The summed E-state index contributed by atoms with van der Waals surface area (Å²) in [5, 5.41) is 3.12. The van der Waals surface area contributed by atoms with Crippen molar-refractivity contribution in [3.63, 3.8) is 0 Å². The molecule has 2 aliphatic carbocycles. The second kappa shape index (κ2) is 4.68. The molecule has 0 aliphatic heterocycles. The lowest BCUT2D eigenvalue weighted by atomic mass is 9.64. The molecule has 0 aromatic heterocycles. The number of benzene rings is 1. The van der Waals surface area contributed by atoms with Crippen LogP contribution in [0.2, 0.25) is 0 Å². The fourth-order valence-electron chi connectivity index (χ4n) is 4.55. The summed E-state index contributed by atoms with van der Waals surface area (Å²) in [4.78, 5) is 25.6. The number of carbonyl (C=O) groups is 2. The molecular formula is C19H25NO2. The first kappa shape index (κ1) is 15.3. The number of Topliss-reactive ketones (excluding diaryl/α,β-unsaturated/α-hetero) is 1. The molecule has 2 aliphatic rings. The molecule has 3 rings (SSSR count). The SMILES string of the molecule is CCc1ccccc1NC(=O)[C@@]12CC[C@@](C)(C(=O)C1)C2(C)C. The van der Waals surface area contributed by atoms with Crippen molar-refractivity contribution in [3.05, 3.63) is 29.8 Å². The van der Waals surface area contributed by atoms with Gasteiger partial charge in [0.05, 0.1) is 5.41 Å². The molecule has 0 heterocycles. The number of hydrogen-bond donors (Lipinski definition) is 1. The maximum Gasteiger partial charge on any atom is 0.231 e. The van der Waals surface area contributed by atoms with Gasteiger partial charge in [-0.25, -0.2) is 0 Å². The average molecular weight is 299 g/mol. The van der Waals surface area contributed by atoms with Crippen molar-refractivity contribution >= 4 is 17.4 Å². The highest BCUT2D eigenvalue weighted by atomic mass is 16.2. The van der Waals surface area contributed by atoms with Crippen LogP contribution >= 0.6 is 0 Å². The molecule has 2 fully saturated rings. The van der Waals surface area contributed by atoms with Gasteiger partial charge < -0.3 is 5.32 Å². The van der Waals surface area contributed by atoms with Crippen LogP contribution in [-0.4, -0.2) is 11.7 Å². The van der Waals surface area contributed by atoms with Gasteiger partial charge in [0.2, 0.25) is 5.91 Å². The molecule has 3 nitrogen and oxygen atoms in total. The Bertz CT molecular complexity index is 649. The third kappa shape index (κ3) is 1.68. The van der Waals surface area contributed by atoms with Crippen molar-refractivity contribution in [1.82, 2.24) is 0 Å². The Labute approximate surface area is 132 Å². The number of rotatable bonds is 3. The first-order valence-electron chi connectivity index (χ1n) is 8.21. The molecule has 1 N–H and O–H groups in total. The van der Waals surface area contributed by atoms with E-state index in [0.717, 1.165) is 30.5 Å². The molecule has 1 amide bonds. The van der Waals surface area contributed by atoms with Crippen molar-refractivity contribution in [2.45, 2.75) is 53.4 Å². The second-order valence-electron chi connectivity index (χ2n) is 7.60. The van der Waals surface area contributed by atoms with E-state index in [1.54, 1.807) is 0 Å². The van der Waals surface area contributed by atoms with Gasteiger partial charge >= 0.3 is 0 Å². The van der Waals surface area contributed by atoms with Crippen LogP contribution in [0.15, 0.2) is 24.3 Å². The fraction of sp³-hybridized carbons (Fsp3) is 0.579. The van der Waals surface area contributed by atoms with E-state index in [1.165, 1.54) is 0 Å². The molecule has 3 heteroatoms. The Kier molecular flexibility index (Phi) is 3.24. The van der Waals surface area contributed by atoms with Gasteiger partial charge in [0.25, 0.3) is 0 Å². The number of nitrogens with one attached hydrogen (secondary N) is 1. The summed E-state index contributed by atoms with van der Waals surface area (Å²) >= 11 is 0. The number of para-hydroxylation sites is 1. The van der Waals surface area contributed by atoms with E-state index in [0.29, 0.717) is 6.42 Å². The number of hydrogen-bond acceptors (Lipinski definition) is 2. The van der Waals surface area contributed by atoms with Gasteiger partial charge in [-0.2, -0.15) is 0 Å². The topological polar surface area (TPSA) is 46.2 Å². The summed E-state index contributed by atoms with van der Waals surface area (Å²) in [5.74, 6) is 0.274. The van der Waals surface area contributed by atoms with Crippen LogP contribution in [0.4, 0.5) is 5.69 Å². The minimum absolute atomic E-state index is 0.0213. The van der Waals surface area contributed by atoms with Crippen molar-refractivity contribution in [1.29, 1.82) is 0 Å². The van der Waals surface area contributed by atoms with Crippen LogP contribution in [0.3, 0.4) is 0 Å². The summed E-state index contributed by atoms with van der Waals surface area (Å²) in [7, 11) is 0. The van der Waals surface area contributed by atoms with Crippen LogP contribution in [0.25, 0.3) is 0 Å². The van der Waals surface area contributed by atoms with Crippen LogP contribution in [0, 0.1) is 16.2 Å². The Morgan fingerprint density at radius 2 is 1.86 bits per heavy atom. The summed E-state index contributed by atoms with van der Waals surface area (Å²) in [6, 6.07) is 7.92. The minimum Gasteiger partial charge on any atom is -0.325 e. The van der Waals surface area contributed by atoms with Gasteiger partial charge in [0.1, 0.15) is 5.78 Å². The smallest absolute Gasteiger partial charge is 0.231 e. The lowest BCUT2D eigenvalue weighted by molar-refractivity contribution is -0.131. The average Bonchev–Trinajstić information content (AvgIpc) is 2.78. The quantitative estimate of drug-likeness (QED) is 0.918. The third-order valence-corrected chi connectivity index (χ3v) is 6.79. The van der Waals surface area contributed by atoms with E-state index in [-0.39, 0.29) is 22.5 Å². The zero-order chi connectivity index (χ0) is 16.2. The van der Waals surface area contributed by atoms with Gasteiger partial charge in [-0.15, -0.1) is 0 Å². The molecule has 0 saturated heterocycles. The molecule has 118 valence electrons. The van der Waals surface area contributed by atoms with E-state index in [4.69, 9.17) is 0 Å². The Morgan fingerprint density at radius 3 is 2.41 bits per heavy atom. The summed E-state index contributed by atoms with van der Waals surface area (Å²) < 4.78 is 0. The van der Waals surface area contributed by atoms with Gasteiger partial charge in [-0.05, 0) is 36.3 Å². The molecular weight excluding hydrogens is 274 g/mol. The van der Waals surface area contributed by atoms with E-state index >= 15 is 0 Å². The van der Waals surface area contributed by atoms with Crippen molar-refractivity contribution in [3.8, 4) is 0 Å². The molecule has 2 saturated carbocycles. The summed E-state index contributed by atoms with van der Waals surface area (Å²) in [6.45, 7) is 8.31. The zero-order valence-electron chi connectivity index (χ0n) is 14.0. The first-order chi connectivity index (χ1) is 10.3. The standard InChI is InChI=1S/C19H25NO2/c1-5-13-8-6-7-9-14(13)20-16(22)19-11-10-18(4,15(21)12-19)17(19,2)3/h6-9H,5,10-12H2,1-4H3,(H,20,22)/t18-,19+/m0/s1. The predicted molar refractivity (Wildman–Crippen MR) is 87.6 cm³/mol. The van der Waals surface area contributed by atoms with E-state index in [2.05, 4.69) is 26.1 Å². The summed E-state index contributed by atoms with van der Waals surface area (Å²) in [6.07, 6.45) is 2.89. The normalized spacial score (nSPS) is 32.3. The maximum absolute atomic E-state index is 13.1. The minimum atomic E-state index is -0.556. The number of aryl methyl sites for hydroxylation is 1. The number of fused-ring (bicyclic) bond motifs is 2. The fourth-order valence-corrected chi connectivity index (χ4v) is 4.55. The molecule has 0 spiro atoms. The highest BCUT2D eigenvalue weighted by Gasteiger charge is 2.72. The second-order valence-corrected chi connectivity index (χ2v) is 7.60. The zero-order valence-corrected chi connectivity index (χ0v) is 14.0. The van der Waals surface area contributed by atoms with Gasteiger partial charge in [0.15, 0.2) is 0 Å². The van der Waals surface area contributed by atoms with Crippen LogP contribution in [0.1, 0.15) is 52.5 Å². The Balaban J connectivity index is 1.95. The highest BCUT2D eigenvalue weighted by Crippen LogP contribution is 2.70. The molecule has 22 heavy (non-hydrogen) atoms. The molecule has 2 bridgehead atoms. The third-order valence-electron chi connectivity index (χ3n) is 6.79. The molecule has 1 aromatic carbocycles. The molecule has 1 aromatic rings. The Morgan fingerprint density at radius 1 is 1.18 bits per heavy atom. The van der Waals surface area contributed by atoms with E-state index in [9.17, 15) is 9.59 Å². The van der Waals surface area contributed by atoms with Crippen LogP contribution in [0.5, 0.6) is 0 Å². The van der Waals surface area contributed by atoms with Gasteiger partial charge in [-0.1, -0.05) is 45.9 Å². The van der Waals surface area contributed by atoms with Gasteiger partial charge in [-0.3, -0.25) is 9.59 Å². The van der Waals surface area contributed by atoms with Crippen LogP contribution < -0.4 is 5.32 Å². The Hall–Kier alpha value is -1.64. The molecule has 2 atom stereocenters. The largest absolute Gasteiger partial charge is 0.325 e. The van der Waals surface area contributed by atoms with E-state index < -0.39 is 5.41 Å². The lowest BCUT2D eigenvalue weighted by Crippen LogP contribution is -2.43. The van der Waals surface area contributed by atoms with Crippen LogP contribution in [-0.2, 0) is 16.0 Å². The van der Waals surface area contributed by atoms with Gasteiger partial charge in [0, 0.05) is 17.5 Å². The van der Waals surface area contributed by atoms with Crippen molar-refractivity contribution in [2.24, 2.45) is 16.2 Å². The first-order valence-corrected chi connectivity index (χ1v) is 8.21. The molecule has 0 unspecified atom stereocenters. The number of carbonyl (C=O) groups excluding carboxylic acids is 2. The maximum atomic E-state index is 13.1. The number of ketones is 1. The lowest BCUT2D eigenvalue weighted by Gasteiger charge is -2.38. The number of anilines is 1. The van der Waals surface area contributed by atoms with Crippen molar-refractivity contribution < 1.29 is 9.59 Å². The van der Waals surface area contributed by atoms with Crippen molar-refractivity contribution in [2.75, 3.05) is 5.32 Å². The monoisotopic (exact) mass is 299 g/mol.